The lowest BCUT2D eigenvalue weighted by atomic mass is 10.0. The van der Waals surface area contributed by atoms with Crippen molar-refractivity contribution in [3.8, 4) is 0 Å². The third-order valence-electron chi connectivity index (χ3n) is 5.57. The topological polar surface area (TPSA) is 124 Å². The second-order valence-electron chi connectivity index (χ2n) is 8.43. The molecule has 7 N–H and O–H groups in total. The van der Waals surface area contributed by atoms with Gasteiger partial charge in [0.1, 0.15) is 6.04 Å². The summed E-state index contributed by atoms with van der Waals surface area (Å²) >= 11 is 0. The number of carbonyl (C=O) groups excluding carboxylic acids is 2. The summed E-state index contributed by atoms with van der Waals surface area (Å²) in [6, 6.07) is 7.42. The van der Waals surface area contributed by atoms with Gasteiger partial charge in [0.2, 0.25) is 11.8 Å². The van der Waals surface area contributed by atoms with Crippen LogP contribution in [0.1, 0.15) is 51.0 Å². The van der Waals surface area contributed by atoms with E-state index in [0.29, 0.717) is 19.4 Å². The van der Waals surface area contributed by atoms with Gasteiger partial charge in [0.05, 0.1) is 0 Å². The number of carbonyl (C=O) groups is 2. The Morgan fingerprint density at radius 3 is 2.39 bits per heavy atom. The number of aromatic nitrogens is 1. The number of hydrogen-bond acceptors (Lipinski definition) is 5. The summed E-state index contributed by atoms with van der Waals surface area (Å²) in [6.07, 6.45) is 7.70. The normalized spacial score (nSPS) is 12.1. The summed E-state index contributed by atoms with van der Waals surface area (Å²) < 4.78 is 0. The van der Waals surface area contributed by atoms with Gasteiger partial charge in [0.25, 0.3) is 0 Å². The Hall–Kier alpha value is -2.42. The maximum absolute atomic E-state index is 12.9. The number of H-pyrrole nitrogens is 1. The standard InChI is InChI=1S/C25H42N6O2/c1-2-9-24(32)31-23(18-20-19-30-22-11-4-3-10-21(20)22)25(33)29-17-8-16-28-14-6-5-13-27-15-7-12-26/h3-4,10-11,19,23,27-28,30H,2,5-9,12-18,26H2,1H3,(H,29,33)(H,31,32)/t23-/m0/s1. The molecule has 2 aromatic rings. The van der Waals surface area contributed by atoms with Crippen LogP contribution in [0.4, 0.5) is 0 Å². The molecule has 2 rings (SSSR count). The number of fused-ring (bicyclic) bond motifs is 1. The van der Waals surface area contributed by atoms with Crippen LogP contribution < -0.4 is 27.0 Å². The number of aromatic amines is 1. The van der Waals surface area contributed by atoms with E-state index >= 15 is 0 Å². The summed E-state index contributed by atoms with van der Waals surface area (Å²) in [5.74, 6) is -0.218. The molecule has 1 heterocycles. The number of para-hydroxylation sites is 1. The van der Waals surface area contributed by atoms with E-state index in [1.54, 1.807) is 0 Å². The van der Waals surface area contributed by atoms with E-state index < -0.39 is 6.04 Å². The number of hydrogen-bond donors (Lipinski definition) is 6. The third kappa shape index (κ3) is 10.4. The van der Waals surface area contributed by atoms with E-state index in [4.69, 9.17) is 5.73 Å². The van der Waals surface area contributed by atoms with Gasteiger partial charge >= 0.3 is 0 Å². The summed E-state index contributed by atoms with van der Waals surface area (Å²) in [4.78, 5) is 28.3. The van der Waals surface area contributed by atoms with E-state index in [1.165, 1.54) is 0 Å². The Balaban J connectivity index is 1.70. The van der Waals surface area contributed by atoms with Gasteiger partial charge in [-0.05, 0) is 76.5 Å². The maximum atomic E-state index is 12.9. The number of amides is 2. The molecule has 0 fully saturated rings. The molecule has 0 aliphatic carbocycles. The van der Waals surface area contributed by atoms with Crippen LogP contribution in [0.3, 0.4) is 0 Å². The molecule has 33 heavy (non-hydrogen) atoms. The van der Waals surface area contributed by atoms with Gasteiger partial charge < -0.3 is 32.0 Å². The van der Waals surface area contributed by atoms with Crippen LogP contribution in [0, 0.1) is 0 Å². The van der Waals surface area contributed by atoms with Gasteiger partial charge in [0, 0.05) is 36.5 Å². The van der Waals surface area contributed by atoms with Crippen molar-refractivity contribution in [1.82, 2.24) is 26.3 Å². The van der Waals surface area contributed by atoms with Gasteiger partial charge in [-0.2, -0.15) is 0 Å². The minimum atomic E-state index is -0.581. The highest BCUT2D eigenvalue weighted by Crippen LogP contribution is 2.19. The molecule has 1 aromatic carbocycles. The van der Waals surface area contributed by atoms with Crippen LogP contribution in [-0.4, -0.2) is 62.1 Å². The number of rotatable bonds is 18. The molecule has 0 saturated carbocycles. The first kappa shape index (κ1) is 26.8. The summed E-state index contributed by atoms with van der Waals surface area (Å²) in [5.41, 5.74) is 7.53. The first-order valence-electron chi connectivity index (χ1n) is 12.4. The highest BCUT2D eigenvalue weighted by atomic mass is 16.2. The van der Waals surface area contributed by atoms with Crippen LogP contribution in [0.25, 0.3) is 10.9 Å². The second-order valence-corrected chi connectivity index (χ2v) is 8.43. The molecule has 0 saturated heterocycles. The molecule has 0 aliphatic rings. The molecular weight excluding hydrogens is 416 g/mol. The molecule has 0 aliphatic heterocycles. The Kier molecular flexibility index (Phi) is 13.2. The molecule has 0 unspecified atom stereocenters. The molecule has 0 radical (unpaired) electrons. The first-order valence-corrected chi connectivity index (χ1v) is 12.4. The van der Waals surface area contributed by atoms with Crippen molar-refractivity contribution in [2.75, 3.05) is 39.3 Å². The van der Waals surface area contributed by atoms with Crippen molar-refractivity contribution < 1.29 is 9.59 Å². The van der Waals surface area contributed by atoms with E-state index in [9.17, 15) is 9.59 Å². The highest BCUT2D eigenvalue weighted by molar-refractivity contribution is 5.89. The quantitative estimate of drug-likeness (QED) is 0.190. The maximum Gasteiger partial charge on any atom is 0.242 e. The molecule has 184 valence electrons. The Morgan fingerprint density at radius 2 is 1.67 bits per heavy atom. The lowest BCUT2D eigenvalue weighted by Gasteiger charge is -2.18. The second kappa shape index (κ2) is 16.2. The monoisotopic (exact) mass is 458 g/mol. The zero-order chi connectivity index (χ0) is 23.7. The molecule has 8 heteroatoms. The fraction of sp³-hybridized carbons (Fsp3) is 0.600. The predicted octanol–water partition coefficient (Wildman–Crippen LogP) is 1.81. The average molecular weight is 459 g/mol. The Bertz CT molecular complexity index is 822. The fourth-order valence-corrected chi connectivity index (χ4v) is 3.75. The molecule has 8 nitrogen and oxygen atoms in total. The van der Waals surface area contributed by atoms with Gasteiger partial charge in [-0.25, -0.2) is 0 Å². The van der Waals surface area contributed by atoms with Crippen LogP contribution >= 0.6 is 0 Å². The minimum Gasteiger partial charge on any atom is -0.361 e. The van der Waals surface area contributed by atoms with E-state index in [1.807, 2.05) is 37.4 Å². The Labute approximate surface area is 197 Å². The van der Waals surface area contributed by atoms with Gasteiger partial charge in [-0.15, -0.1) is 0 Å². The van der Waals surface area contributed by atoms with Crippen LogP contribution in [0.5, 0.6) is 0 Å². The fourth-order valence-electron chi connectivity index (χ4n) is 3.75. The van der Waals surface area contributed by atoms with Crippen molar-refractivity contribution in [3.05, 3.63) is 36.0 Å². The van der Waals surface area contributed by atoms with Gasteiger partial charge in [-0.3, -0.25) is 9.59 Å². The van der Waals surface area contributed by atoms with Crippen molar-refractivity contribution in [2.24, 2.45) is 5.73 Å². The largest absolute Gasteiger partial charge is 0.361 e. The highest BCUT2D eigenvalue weighted by Gasteiger charge is 2.22. The van der Waals surface area contributed by atoms with Crippen molar-refractivity contribution in [1.29, 1.82) is 0 Å². The zero-order valence-corrected chi connectivity index (χ0v) is 20.1. The summed E-state index contributed by atoms with van der Waals surface area (Å²) in [5, 5.41) is 13.8. The number of nitrogens with one attached hydrogen (secondary N) is 5. The number of benzene rings is 1. The molecule has 1 atom stereocenters. The van der Waals surface area contributed by atoms with Gasteiger partial charge in [0.15, 0.2) is 0 Å². The van der Waals surface area contributed by atoms with Crippen LogP contribution in [-0.2, 0) is 16.0 Å². The first-order chi connectivity index (χ1) is 16.2. The van der Waals surface area contributed by atoms with Gasteiger partial charge in [-0.1, -0.05) is 25.1 Å². The predicted molar refractivity (Wildman–Crippen MR) is 135 cm³/mol. The molecule has 0 bridgehead atoms. The third-order valence-corrected chi connectivity index (χ3v) is 5.57. The SMILES string of the molecule is CCCC(=O)N[C@@H](Cc1c[nH]c2ccccc12)C(=O)NCCCNCCCCNCCCN. The Morgan fingerprint density at radius 1 is 0.970 bits per heavy atom. The summed E-state index contributed by atoms with van der Waals surface area (Å²) in [6.45, 7) is 7.13. The summed E-state index contributed by atoms with van der Waals surface area (Å²) in [7, 11) is 0. The van der Waals surface area contributed by atoms with E-state index in [2.05, 4.69) is 26.3 Å². The number of nitrogens with two attached hydrogens (primary N) is 1. The van der Waals surface area contributed by atoms with E-state index in [0.717, 1.165) is 81.3 Å². The van der Waals surface area contributed by atoms with Crippen molar-refractivity contribution >= 4 is 22.7 Å². The molecular formula is C25H42N6O2. The van der Waals surface area contributed by atoms with Crippen molar-refractivity contribution in [3.63, 3.8) is 0 Å². The van der Waals surface area contributed by atoms with E-state index in [-0.39, 0.29) is 11.8 Å². The van der Waals surface area contributed by atoms with Crippen LogP contribution in [0.15, 0.2) is 30.5 Å². The number of unbranched alkanes of at least 4 members (excludes halogenated alkanes) is 1. The lowest BCUT2D eigenvalue weighted by Crippen LogP contribution is -2.48. The molecule has 2 amide bonds. The van der Waals surface area contributed by atoms with Crippen molar-refractivity contribution in [2.45, 2.75) is 57.9 Å². The zero-order valence-electron chi connectivity index (χ0n) is 20.1. The molecule has 0 spiro atoms. The van der Waals surface area contributed by atoms with Crippen LogP contribution in [0.2, 0.25) is 0 Å². The molecule has 1 aromatic heterocycles. The average Bonchev–Trinajstić information content (AvgIpc) is 3.22. The lowest BCUT2D eigenvalue weighted by molar-refractivity contribution is -0.129. The minimum absolute atomic E-state index is 0.0864. The smallest absolute Gasteiger partial charge is 0.242 e.